The molecule has 3 heterocycles. The summed E-state index contributed by atoms with van der Waals surface area (Å²) in [5.74, 6) is 0.100. The van der Waals surface area contributed by atoms with Crippen molar-refractivity contribution < 1.29 is 14.3 Å². The number of nitrogens with zero attached hydrogens (tertiary/aromatic N) is 2. The summed E-state index contributed by atoms with van der Waals surface area (Å²) in [4.78, 5) is 33.3. The molecule has 1 aliphatic heterocycles. The molecule has 0 fully saturated rings. The normalized spacial score (nSPS) is 20.6. The number of pyridine rings is 2. The van der Waals surface area contributed by atoms with Gasteiger partial charge >= 0.3 is 5.97 Å². The molecule has 1 unspecified atom stereocenters. The van der Waals surface area contributed by atoms with Crippen LogP contribution >= 0.6 is 15.9 Å². The first-order chi connectivity index (χ1) is 11.9. The number of hydrogen-bond acceptors (Lipinski definition) is 5. The van der Waals surface area contributed by atoms with Gasteiger partial charge in [-0.1, -0.05) is 0 Å². The molecular formula is C18H16BrN3O3. The lowest BCUT2D eigenvalue weighted by molar-refractivity contribution is -0.120. The molecule has 2 aliphatic rings. The van der Waals surface area contributed by atoms with Crippen LogP contribution in [0.5, 0.6) is 0 Å². The zero-order chi connectivity index (χ0) is 17.8. The van der Waals surface area contributed by atoms with E-state index in [0.717, 1.165) is 21.2 Å². The number of anilines is 1. The molecule has 0 saturated carbocycles. The molecule has 25 heavy (non-hydrogen) atoms. The fourth-order valence-electron chi connectivity index (χ4n) is 3.55. The Morgan fingerprint density at radius 2 is 2.00 bits per heavy atom. The molecule has 0 bridgehead atoms. The molecule has 6 nitrogen and oxygen atoms in total. The molecular weight excluding hydrogens is 386 g/mol. The SMILES string of the molecule is CC(C)OC(=O)c1cc2c(cn1)CC1(C2)C(=O)Nc2ncc(Br)cc21. The lowest BCUT2D eigenvalue weighted by Gasteiger charge is -2.20. The Labute approximate surface area is 153 Å². The predicted octanol–water partition coefficient (Wildman–Crippen LogP) is 2.79. The summed E-state index contributed by atoms with van der Waals surface area (Å²) in [6.45, 7) is 3.59. The van der Waals surface area contributed by atoms with Crippen molar-refractivity contribution in [3.8, 4) is 0 Å². The van der Waals surface area contributed by atoms with Gasteiger partial charge in [0.25, 0.3) is 0 Å². The summed E-state index contributed by atoms with van der Waals surface area (Å²) < 4.78 is 6.04. The van der Waals surface area contributed by atoms with Crippen LogP contribution in [-0.2, 0) is 27.8 Å². The maximum absolute atomic E-state index is 12.7. The minimum absolute atomic E-state index is 0.0596. The third-order valence-corrected chi connectivity index (χ3v) is 5.09. The van der Waals surface area contributed by atoms with Gasteiger partial charge in [0.05, 0.1) is 11.5 Å². The molecule has 7 heteroatoms. The average molecular weight is 402 g/mol. The van der Waals surface area contributed by atoms with Crippen LogP contribution < -0.4 is 5.32 Å². The van der Waals surface area contributed by atoms with E-state index in [0.29, 0.717) is 18.7 Å². The zero-order valence-corrected chi connectivity index (χ0v) is 15.4. The van der Waals surface area contributed by atoms with Gasteiger partial charge in [-0.2, -0.15) is 0 Å². The van der Waals surface area contributed by atoms with Crippen LogP contribution in [-0.4, -0.2) is 27.9 Å². The number of aromatic nitrogens is 2. The molecule has 0 aromatic carbocycles. The number of fused-ring (bicyclic) bond motifs is 3. The van der Waals surface area contributed by atoms with Crippen LogP contribution in [0.15, 0.2) is 29.0 Å². The second kappa shape index (κ2) is 5.62. The molecule has 1 spiro atoms. The summed E-state index contributed by atoms with van der Waals surface area (Å²) in [6, 6.07) is 3.68. The van der Waals surface area contributed by atoms with E-state index in [2.05, 4.69) is 31.2 Å². The summed E-state index contributed by atoms with van der Waals surface area (Å²) in [7, 11) is 0. The monoisotopic (exact) mass is 401 g/mol. The predicted molar refractivity (Wildman–Crippen MR) is 94.4 cm³/mol. The number of carbonyl (C=O) groups excluding carboxylic acids is 2. The Hall–Kier alpha value is -2.28. The summed E-state index contributed by atoms with van der Waals surface area (Å²) in [5.41, 5.74) is 2.40. The van der Waals surface area contributed by atoms with E-state index in [9.17, 15) is 9.59 Å². The smallest absolute Gasteiger partial charge is 0.357 e. The Balaban J connectivity index is 1.71. The molecule has 1 atom stereocenters. The molecule has 1 amide bonds. The van der Waals surface area contributed by atoms with Crippen molar-refractivity contribution in [3.05, 3.63) is 51.4 Å². The average Bonchev–Trinajstić information content (AvgIpc) is 3.06. The van der Waals surface area contributed by atoms with Crippen molar-refractivity contribution in [1.82, 2.24) is 9.97 Å². The number of rotatable bonds is 2. The molecule has 0 saturated heterocycles. The van der Waals surface area contributed by atoms with E-state index >= 15 is 0 Å². The van der Waals surface area contributed by atoms with E-state index < -0.39 is 11.4 Å². The van der Waals surface area contributed by atoms with E-state index in [4.69, 9.17) is 4.74 Å². The summed E-state index contributed by atoms with van der Waals surface area (Å²) in [5, 5.41) is 2.87. The minimum atomic E-state index is -0.684. The van der Waals surface area contributed by atoms with Gasteiger partial charge in [0.1, 0.15) is 11.5 Å². The standard InChI is InChI=1S/C18H16BrN3O3/c1-9(2)25-16(23)14-3-10-5-18(6-11(10)7-20-14)13-4-12(19)8-21-15(13)22-17(18)24/h3-4,7-9H,5-6H2,1-2H3,(H,21,22,24). The highest BCUT2D eigenvalue weighted by molar-refractivity contribution is 9.10. The van der Waals surface area contributed by atoms with Gasteiger partial charge in [-0.05, 0) is 65.9 Å². The number of carbonyl (C=O) groups is 2. The second-order valence-corrected chi connectivity index (χ2v) is 7.65. The van der Waals surface area contributed by atoms with Gasteiger partial charge in [0, 0.05) is 22.4 Å². The second-order valence-electron chi connectivity index (χ2n) is 6.73. The van der Waals surface area contributed by atoms with Crippen LogP contribution in [0, 0.1) is 0 Å². The Bertz CT molecular complexity index is 912. The Morgan fingerprint density at radius 3 is 2.76 bits per heavy atom. The van der Waals surface area contributed by atoms with Crippen molar-refractivity contribution in [2.45, 2.75) is 38.2 Å². The summed E-state index contributed by atoms with van der Waals surface area (Å²) in [6.07, 6.45) is 4.21. The first-order valence-corrected chi connectivity index (χ1v) is 8.84. The van der Waals surface area contributed by atoms with Crippen molar-refractivity contribution in [2.75, 3.05) is 5.32 Å². The summed E-state index contributed by atoms with van der Waals surface area (Å²) >= 11 is 3.43. The highest BCUT2D eigenvalue weighted by Crippen LogP contribution is 2.47. The van der Waals surface area contributed by atoms with E-state index in [-0.39, 0.29) is 17.7 Å². The highest BCUT2D eigenvalue weighted by Gasteiger charge is 2.51. The van der Waals surface area contributed by atoms with Gasteiger partial charge in [-0.25, -0.2) is 14.8 Å². The van der Waals surface area contributed by atoms with Gasteiger partial charge in [-0.3, -0.25) is 4.79 Å². The number of esters is 1. The number of hydrogen-bond donors (Lipinski definition) is 1. The molecule has 2 aromatic heterocycles. The Kier molecular flexibility index (Phi) is 3.64. The van der Waals surface area contributed by atoms with Crippen molar-refractivity contribution >= 4 is 33.6 Å². The highest BCUT2D eigenvalue weighted by atomic mass is 79.9. The number of nitrogens with one attached hydrogen (secondary N) is 1. The zero-order valence-electron chi connectivity index (χ0n) is 13.8. The number of halogens is 1. The Morgan fingerprint density at radius 1 is 1.24 bits per heavy atom. The van der Waals surface area contributed by atoms with Crippen molar-refractivity contribution in [2.24, 2.45) is 0 Å². The first kappa shape index (κ1) is 16.2. The minimum Gasteiger partial charge on any atom is -0.458 e. The molecule has 1 aliphatic carbocycles. The van der Waals surface area contributed by atoms with Crippen LogP contribution in [0.1, 0.15) is 41.0 Å². The fourth-order valence-corrected chi connectivity index (χ4v) is 3.88. The molecule has 1 N–H and O–H groups in total. The molecule has 128 valence electrons. The molecule has 4 rings (SSSR count). The maximum Gasteiger partial charge on any atom is 0.357 e. The van der Waals surface area contributed by atoms with Gasteiger partial charge in [0.2, 0.25) is 5.91 Å². The van der Waals surface area contributed by atoms with E-state index in [1.54, 1.807) is 32.3 Å². The molecule has 2 aromatic rings. The topological polar surface area (TPSA) is 81.2 Å². The maximum atomic E-state index is 12.7. The molecule has 0 radical (unpaired) electrons. The lowest BCUT2D eigenvalue weighted by Crippen LogP contribution is -2.35. The van der Waals surface area contributed by atoms with Crippen LogP contribution in [0.25, 0.3) is 0 Å². The van der Waals surface area contributed by atoms with Gasteiger partial charge < -0.3 is 10.1 Å². The fraction of sp³-hybridized carbons (Fsp3) is 0.333. The van der Waals surface area contributed by atoms with E-state index in [1.807, 2.05) is 6.07 Å². The third-order valence-electron chi connectivity index (χ3n) is 4.66. The van der Waals surface area contributed by atoms with Gasteiger partial charge in [-0.15, -0.1) is 0 Å². The van der Waals surface area contributed by atoms with Crippen molar-refractivity contribution in [3.63, 3.8) is 0 Å². The number of ether oxygens (including phenoxy) is 1. The quantitative estimate of drug-likeness (QED) is 0.782. The van der Waals surface area contributed by atoms with Gasteiger partial charge in [0.15, 0.2) is 0 Å². The van der Waals surface area contributed by atoms with E-state index in [1.165, 1.54) is 0 Å². The largest absolute Gasteiger partial charge is 0.458 e. The van der Waals surface area contributed by atoms with Crippen LogP contribution in [0.3, 0.4) is 0 Å². The van der Waals surface area contributed by atoms with Crippen molar-refractivity contribution in [1.29, 1.82) is 0 Å². The third kappa shape index (κ3) is 2.54. The van der Waals surface area contributed by atoms with Crippen LogP contribution in [0.4, 0.5) is 5.82 Å². The lowest BCUT2D eigenvalue weighted by atomic mass is 9.79. The van der Waals surface area contributed by atoms with Crippen LogP contribution in [0.2, 0.25) is 0 Å². The first-order valence-electron chi connectivity index (χ1n) is 8.05. The number of amides is 1.